The van der Waals surface area contributed by atoms with Gasteiger partial charge in [0, 0.05) is 25.3 Å². The molecule has 2 aromatic rings. The molecule has 0 N–H and O–H groups in total. The van der Waals surface area contributed by atoms with Gasteiger partial charge in [-0.25, -0.2) is 0 Å². The largest absolute Gasteiger partial charge is 0.344 e. The van der Waals surface area contributed by atoms with Gasteiger partial charge in [-0.15, -0.1) is 0 Å². The Labute approximate surface area is 106 Å². The van der Waals surface area contributed by atoms with E-state index in [1.54, 1.807) is 18.0 Å². The zero-order chi connectivity index (χ0) is 13.1. The monoisotopic (exact) mass is 241 g/mol. The number of carbonyl (C=O) groups is 1. The quantitative estimate of drug-likeness (QED) is 0.825. The van der Waals surface area contributed by atoms with Crippen LogP contribution in [0.15, 0.2) is 30.5 Å². The van der Waals surface area contributed by atoms with Crippen molar-refractivity contribution in [2.75, 3.05) is 13.6 Å². The molecular weight excluding hydrogens is 226 g/mol. The van der Waals surface area contributed by atoms with Crippen LogP contribution < -0.4 is 0 Å². The van der Waals surface area contributed by atoms with Crippen LogP contribution >= 0.6 is 0 Å². The lowest BCUT2D eigenvalue weighted by molar-refractivity contribution is -0.130. The molecule has 2 rings (SSSR count). The molecule has 0 radical (unpaired) electrons. The molecule has 4 nitrogen and oxygen atoms in total. The average Bonchev–Trinajstić information content (AvgIpc) is 2.80. The van der Waals surface area contributed by atoms with Crippen molar-refractivity contribution in [2.45, 2.75) is 13.5 Å². The summed E-state index contributed by atoms with van der Waals surface area (Å²) in [7, 11) is 1.79. The van der Waals surface area contributed by atoms with Crippen LogP contribution in [0.25, 0.3) is 10.9 Å². The molecule has 0 bridgehead atoms. The first-order valence-electron chi connectivity index (χ1n) is 5.88. The highest BCUT2D eigenvalue weighted by Crippen LogP contribution is 2.17. The van der Waals surface area contributed by atoms with Crippen LogP contribution in [0.5, 0.6) is 0 Å². The van der Waals surface area contributed by atoms with Crippen molar-refractivity contribution in [1.82, 2.24) is 9.47 Å². The number of hydrogen-bond donors (Lipinski definition) is 0. The van der Waals surface area contributed by atoms with Gasteiger partial charge in [-0.1, -0.05) is 6.07 Å². The smallest absolute Gasteiger partial charge is 0.242 e. The van der Waals surface area contributed by atoms with E-state index < -0.39 is 0 Å². The van der Waals surface area contributed by atoms with E-state index in [0.717, 1.165) is 10.9 Å². The summed E-state index contributed by atoms with van der Waals surface area (Å²) in [6.45, 7) is 2.95. The average molecular weight is 241 g/mol. The lowest BCUT2D eigenvalue weighted by Gasteiger charge is -2.15. The number of fused-ring (bicyclic) bond motifs is 1. The van der Waals surface area contributed by atoms with E-state index in [9.17, 15) is 4.79 Å². The molecule has 18 heavy (non-hydrogen) atoms. The minimum Gasteiger partial charge on any atom is -0.344 e. The number of nitriles is 1. The first-order valence-corrected chi connectivity index (χ1v) is 5.88. The summed E-state index contributed by atoms with van der Waals surface area (Å²) >= 11 is 0. The van der Waals surface area contributed by atoms with E-state index in [4.69, 9.17) is 5.26 Å². The Balaban J connectivity index is 2.34. The number of amides is 1. The lowest BCUT2D eigenvalue weighted by atomic mass is 10.2. The first-order chi connectivity index (χ1) is 8.65. The number of likely N-dealkylation sites (N-methyl/N-ethyl adjacent to an activating group) is 1. The maximum atomic E-state index is 11.9. The van der Waals surface area contributed by atoms with Crippen LogP contribution in [0.4, 0.5) is 0 Å². The molecule has 0 aliphatic rings. The Morgan fingerprint density at radius 1 is 1.44 bits per heavy atom. The maximum Gasteiger partial charge on any atom is 0.242 e. The van der Waals surface area contributed by atoms with Gasteiger partial charge in [-0.05, 0) is 30.5 Å². The maximum absolute atomic E-state index is 11.9. The Hall–Kier alpha value is -2.28. The third-order valence-corrected chi connectivity index (χ3v) is 3.11. The highest BCUT2D eigenvalue weighted by molar-refractivity contribution is 5.84. The molecule has 0 spiro atoms. The van der Waals surface area contributed by atoms with Gasteiger partial charge < -0.3 is 9.47 Å². The molecule has 1 aromatic carbocycles. The summed E-state index contributed by atoms with van der Waals surface area (Å²) in [5.41, 5.74) is 1.53. The Kier molecular flexibility index (Phi) is 3.33. The summed E-state index contributed by atoms with van der Waals surface area (Å²) < 4.78 is 1.88. The number of aromatic nitrogens is 1. The van der Waals surface area contributed by atoms with Crippen molar-refractivity contribution >= 4 is 16.8 Å². The molecule has 0 fully saturated rings. The van der Waals surface area contributed by atoms with E-state index in [0.29, 0.717) is 18.7 Å². The molecule has 1 heterocycles. The molecule has 1 aromatic heterocycles. The topological polar surface area (TPSA) is 49.0 Å². The third kappa shape index (κ3) is 2.21. The van der Waals surface area contributed by atoms with Crippen LogP contribution in [0.2, 0.25) is 0 Å². The second-order valence-electron chi connectivity index (χ2n) is 4.24. The zero-order valence-corrected chi connectivity index (χ0v) is 10.6. The summed E-state index contributed by atoms with van der Waals surface area (Å²) in [5, 5.41) is 9.94. The Morgan fingerprint density at radius 3 is 2.89 bits per heavy atom. The van der Waals surface area contributed by atoms with Crippen molar-refractivity contribution in [2.24, 2.45) is 0 Å². The first kappa shape index (κ1) is 12.2. The predicted octanol–water partition coefficient (Wildman–Crippen LogP) is 1.99. The third-order valence-electron chi connectivity index (χ3n) is 3.11. The van der Waals surface area contributed by atoms with Gasteiger partial charge >= 0.3 is 0 Å². The van der Waals surface area contributed by atoms with Gasteiger partial charge in [0.2, 0.25) is 5.91 Å². The second-order valence-corrected chi connectivity index (χ2v) is 4.24. The van der Waals surface area contributed by atoms with Crippen molar-refractivity contribution in [3.05, 3.63) is 36.0 Å². The van der Waals surface area contributed by atoms with Gasteiger partial charge in [0.05, 0.1) is 11.6 Å². The molecule has 1 amide bonds. The fourth-order valence-electron chi connectivity index (χ4n) is 1.83. The van der Waals surface area contributed by atoms with Crippen LogP contribution in [0.1, 0.15) is 12.5 Å². The highest BCUT2D eigenvalue weighted by atomic mass is 16.2. The lowest BCUT2D eigenvalue weighted by Crippen LogP contribution is -2.29. The summed E-state index contributed by atoms with van der Waals surface area (Å²) in [5.74, 6) is 0.0670. The summed E-state index contributed by atoms with van der Waals surface area (Å²) in [6.07, 6.45) is 1.88. The van der Waals surface area contributed by atoms with E-state index in [-0.39, 0.29) is 5.91 Å². The van der Waals surface area contributed by atoms with Crippen LogP contribution in [0, 0.1) is 11.3 Å². The van der Waals surface area contributed by atoms with Gasteiger partial charge in [0.1, 0.15) is 6.54 Å². The molecule has 0 saturated carbocycles. The minimum absolute atomic E-state index is 0.0670. The molecule has 4 heteroatoms. The van der Waals surface area contributed by atoms with E-state index >= 15 is 0 Å². The fraction of sp³-hybridized carbons (Fsp3) is 0.286. The number of carbonyl (C=O) groups excluding carboxylic acids is 1. The predicted molar refractivity (Wildman–Crippen MR) is 70.0 cm³/mol. The fourth-order valence-corrected chi connectivity index (χ4v) is 1.83. The summed E-state index contributed by atoms with van der Waals surface area (Å²) in [4.78, 5) is 13.6. The Bertz CT molecular complexity index is 621. The van der Waals surface area contributed by atoms with Crippen LogP contribution in [-0.4, -0.2) is 29.0 Å². The number of nitrogens with zero attached hydrogens (tertiary/aromatic N) is 3. The summed E-state index contributed by atoms with van der Waals surface area (Å²) in [6, 6.07) is 9.57. The van der Waals surface area contributed by atoms with Gasteiger partial charge in [0.15, 0.2) is 0 Å². The normalized spacial score (nSPS) is 10.3. The standard InChI is InChI=1S/C14H15N3O/c1-3-16(2)14(18)10-17-7-6-12-5-4-11(9-15)8-13(12)17/h4-8H,3,10H2,1-2H3. The number of benzene rings is 1. The van der Waals surface area contributed by atoms with E-state index in [2.05, 4.69) is 6.07 Å². The van der Waals surface area contributed by atoms with Crippen molar-refractivity contribution < 1.29 is 4.79 Å². The van der Waals surface area contributed by atoms with Gasteiger partial charge in [-0.2, -0.15) is 5.26 Å². The molecule has 92 valence electrons. The number of hydrogen-bond acceptors (Lipinski definition) is 2. The molecule has 0 unspecified atom stereocenters. The van der Waals surface area contributed by atoms with Crippen LogP contribution in [-0.2, 0) is 11.3 Å². The van der Waals surface area contributed by atoms with E-state index in [1.165, 1.54) is 0 Å². The SMILES string of the molecule is CCN(C)C(=O)Cn1ccc2ccc(C#N)cc21. The van der Waals surface area contributed by atoms with Crippen LogP contribution in [0.3, 0.4) is 0 Å². The Morgan fingerprint density at radius 2 is 2.22 bits per heavy atom. The number of rotatable bonds is 3. The van der Waals surface area contributed by atoms with Crippen molar-refractivity contribution in [1.29, 1.82) is 5.26 Å². The molecule has 0 aliphatic heterocycles. The van der Waals surface area contributed by atoms with E-state index in [1.807, 2.05) is 35.9 Å². The molecule has 0 atom stereocenters. The minimum atomic E-state index is 0.0670. The molecule has 0 saturated heterocycles. The van der Waals surface area contributed by atoms with Gasteiger partial charge in [-0.3, -0.25) is 4.79 Å². The highest BCUT2D eigenvalue weighted by Gasteiger charge is 2.09. The van der Waals surface area contributed by atoms with Crippen molar-refractivity contribution in [3.63, 3.8) is 0 Å². The second kappa shape index (κ2) is 4.92. The van der Waals surface area contributed by atoms with Gasteiger partial charge in [0.25, 0.3) is 0 Å². The zero-order valence-electron chi connectivity index (χ0n) is 10.6. The van der Waals surface area contributed by atoms with Crippen molar-refractivity contribution in [3.8, 4) is 6.07 Å². The molecular formula is C14H15N3O. The molecule has 0 aliphatic carbocycles.